The van der Waals surface area contributed by atoms with Crippen molar-refractivity contribution < 1.29 is 0 Å². The van der Waals surface area contributed by atoms with Crippen molar-refractivity contribution in [3.63, 3.8) is 0 Å². The van der Waals surface area contributed by atoms with Crippen LogP contribution in [0, 0.1) is 13.8 Å². The molecule has 0 spiro atoms. The Bertz CT molecular complexity index is 784. The summed E-state index contributed by atoms with van der Waals surface area (Å²) in [6.45, 7) is 3.81. The van der Waals surface area contributed by atoms with Crippen molar-refractivity contribution in [1.82, 2.24) is 4.98 Å². The van der Waals surface area contributed by atoms with Gasteiger partial charge in [-0.25, -0.2) is 0 Å². The first-order chi connectivity index (χ1) is 8.18. The van der Waals surface area contributed by atoms with Crippen LogP contribution in [0.3, 0.4) is 0 Å². The van der Waals surface area contributed by atoms with E-state index in [4.69, 9.17) is 0 Å². The highest BCUT2D eigenvalue weighted by Gasteiger charge is 2.08. The van der Waals surface area contributed by atoms with Gasteiger partial charge >= 0.3 is 0 Å². The van der Waals surface area contributed by atoms with Gasteiger partial charge in [0.25, 0.3) is 0 Å². The first-order valence-corrected chi connectivity index (χ1v) is 5.69. The monoisotopic (exact) mass is 223 g/mol. The summed E-state index contributed by atoms with van der Waals surface area (Å²) >= 11 is 0. The fourth-order valence-electron chi connectivity index (χ4n) is 2.27. The Morgan fingerprint density at radius 1 is 1.00 bits per heavy atom. The molecule has 84 valence electrons. The van der Waals surface area contributed by atoms with Gasteiger partial charge in [-0.3, -0.25) is 4.79 Å². The van der Waals surface area contributed by atoms with E-state index in [2.05, 4.69) is 4.98 Å². The zero-order chi connectivity index (χ0) is 12.0. The molecule has 0 fully saturated rings. The molecule has 1 N–H and O–H groups in total. The molecule has 0 radical (unpaired) electrons. The van der Waals surface area contributed by atoms with Gasteiger partial charge in [0.15, 0.2) is 5.43 Å². The fourth-order valence-corrected chi connectivity index (χ4v) is 2.27. The van der Waals surface area contributed by atoms with Crippen LogP contribution >= 0.6 is 0 Å². The summed E-state index contributed by atoms with van der Waals surface area (Å²) in [5.74, 6) is 0. The maximum Gasteiger partial charge on any atom is 0.193 e. The smallest absolute Gasteiger partial charge is 0.193 e. The Morgan fingerprint density at radius 2 is 1.76 bits per heavy atom. The Morgan fingerprint density at radius 3 is 2.59 bits per heavy atom. The number of hydrogen-bond acceptors (Lipinski definition) is 1. The van der Waals surface area contributed by atoms with Gasteiger partial charge < -0.3 is 4.98 Å². The first kappa shape index (κ1) is 10.1. The SMILES string of the molecule is Cc1[nH]c2ccc3ccccc3c2c(=O)c1C. The zero-order valence-corrected chi connectivity index (χ0v) is 9.87. The molecule has 0 aliphatic carbocycles. The Hall–Kier alpha value is -2.09. The molecular weight excluding hydrogens is 210 g/mol. The summed E-state index contributed by atoms with van der Waals surface area (Å²) in [6, 6.07) is 12.0. The quantitative estimate of drug-likeness (QED) is 0.583. The summed E-state index contributed by atoms with van der Waals surface area (Å²) in [4.78, 5) is 15.6. The largest absolute Gasteiger partial charge is 0.358 e. The third kappa shape index (κ3) is 1.37. The van der Waals surface area contributed by atoms with Crippen LogP contribution in [0.4, 0.5) is 0 Å². The van der Waals surface area contributed by atoms with E-state index in [1.165, 1.54) is 0 Å². The Labute approximate surface area is 98.9 Å². The van der Waals surface area contributed by atoms with Crippen LogP contribution in [0.2, 0.25) is 0 Å². The van der Waals surface area contributed by atoms with Gasteiger partial charge in [-0.2, -0.15) is 0 Å². The lowest BCUT2D eigenvalue weighted by Crippen LogP contribution is -2.09. The van der Waals surface area contributed by atoms with Gasteiger partial charge in [0, 0.05) is 11.3 Å². The average Bonchev–Trinajstić information content (AvgIpc) is 2.35. The van der Waals surface area contributed by atoms with E-state index in [1.54, 1.807) is 0 Å². The van der Waals surface area contributed by atoms with E-state index in [1.807, 2.05) is 50.2 Å². The average molecular weight is 223 g/mol. The van der Waals surface area contributed by atoms with Crippen molar-refractivity contribution in [2.24, 2.45) is 0 Å². The second-order valence-corrected chi connectivity index (χ2v) is 4.41. The molecule has 0 saturated heterocycles. The van der Waals surface area contributed by atoms with Crippen LogP contribution in [0.25, 0.3) is 21.7 Å². The molecule has 0 aliphatic rings. The van der Waals surface area contributed by atoms with Gasteiger partial charge in [-0.15, -0.1) is 0 Å². The highest BCUT2D eigenvalue weighted by atomic mass is 16.1. The molecule has 3 rings (SSSR count). The number of fused-ring (bicyclic) bond motifs is 3. The molecule has 0 amide bonds. The summed E-state index contributed by atoms with van der Waals surface area (Å²) in [5.41, 5.74) is 2.79. The third-order valence-corrected chi connectivity index (χ3v) is 3.38. The van der Waals surface area contributed by atoms with Crippen LogP contribution in [0.5, 0.6) is 0 Å². The van der Waals surface area contributed by atoms with Crippen LogP contribution in [-0.2, 0) is 0 Å². The summed E-state index contributed by atoms with van der Waals surface area (Å²) in [7, 11) is 0. The maximum atomic E-state index is 12.3. The summed E-state index contributed by atoms with van der Waals surface area (Å²) < 4.78 is 0. The molecule has 2 heteroatoms. The second kappa shape index (κ2) is 3.45. The molecule has 0 atom stereocenters. The zero-order valence-electron chi connectivity index (χ0n) is 9.87. The molecule has 2 aromatic carbocycles. The molecule has 0 bridgehead atoms. The molecular formula is C15H13NO. The number of hydrogen-bond donors (Lipinski definition) is 1. The van der Waals surface area contributed by atoms with Gasteiger partial charge in [-0.1, -0.05) is 30.3 Å². The van der Waals surface area contributed by atoms with E-state index in [9.17, 15) is 4.79 Å². The Kier molecular flexibility index (Phi) is 2.05. The van der Waals surface area contributed by atoms with E-state index in [0.717, 1.165) is 32.9 Å². The minimum absolute atomic E-state index is 0.132. The van der Waals surface area contributed by atoms with Crippen LogP contribution in [-0.4, -0.2) is 4.98 Å². The number of benzene rings is 2. The lowest BCUT2D eigenvalue weighted by atomic mass is 10.0. The standard InChI is InChI=1S/C15H13NO/c1-9-10(2)16-13-8-7-11-5-3-4-6-12(11)14(13)15(9)17/h3-8H,1-2H3,(H,16,17). The minimum Gasteiger partial charge on any atom is -0.358 e. The van der Waals surface area contributed by atoms with Gasteiger partial charge in [0.2, 0.25) is 0 Å². The van der Waals surface area contributed by atoms with E-state index < -0.39 is 0 Å². The van der Waals surface area contributed by atoms with Crippen molar-refractivity contribution in [3.8, 4) is 0 Å². The number of aromatic nitrogens is 1. The maximum absolute atomic E-state index is 12.3. The molecule has 1 heterocycles. The fraction of sp³-hybridized carbons (Fsp3) is 0.133. The first-order valence-electron chi connectivity index (χ1n) is 5.69. The molecule has 0 unspecified atom stereocenters. The van der Waals surface area contributed by atoms with Crippen molar-refractivity contribution in [2.75, 3.05) is 0 Å². The molecule has 3 aromatic rings. The normalized spacial score (nSPS) is 11.2. The van der Waals surface area contributed by atoms with Crippen molar-refractivity contribution in [2.45, 2.75) is 13.8 Å². The number of aryl methyl sites for hydroxylation is 1. The van der Waals surface area contributed by atoms with Gasteiger partial charge in [0.1, 0.15) is 0 Å². The highest BCUT2D eigenvalue weighted by Crippen LogP contribution is 2.22. The van der Waals surface area contributed by atoms with Crippen molar-refractivity contribution in [3.05, 3.63) is 57.9 Å². The van der Waals surface area contributed by atoms with Crippen molar-refractivity contribution in [1.29, 1.82) is 0 Å². The van der Waals surface area contributed by atoms with Crippen LogP contribution in [0.1, 0.15) is 11.3 Å². The van der Waals surface area contributed by atoms with Gasteiger partial charge in [0.05, 0.1) is 10.9 Å². The number of nitrogens with one attached hydrogen (secondary N) is 1. The topological polar surface area (TPSA) is 32.9 Å². The highest BCUT2D eigenvalue weighted by molar-refractivity contribution is 6.06. The summed E-state index contributed by atoms with van der Waals surface area (Å²) in [6.07, 6.45) is 0. The van der Waals surface area contributed by atoms with Crippen LogP contribution < -0.4 is 5.43 Å². The van der Waals surface area contributed by atoms with E-state index in [0.29, 0.717) is 0 Å². The lowest BCUT2D eigenvalue weighted by molar-refractivity contribution is 1.18. The Balaban J connectivity index is 2.67. The number of H-pyrrole nitrogens is 1. The number of pyridine rings is 1. The molecule has 1 aromatic heterocycles. The molecule has 17 heavy (non-hydrogen) atoms. The number of rotatable bonds is 0. The predicted octanol–water partition coefficient (Wildman–Crippen LogP) is 3.30. The molecule has 0 aliphatic heterocycles. The second-order valence-electron chi connectivity index (χ2n) is 4.41. The third-order valence-electron chi connectivity index (χ3n) is 3.38. The minimum atomic E-state index is 0.132. The number of aromatic amines is 1. The summed E-state index contributed by atoms with van der Waals surface area (Å²) in [5, 5.41) is 2.93. The van der Waals surface area contributed by atoms with E-state index in [-0.39, 0.29) is 5.43 Å². The van der Waals surface area contributed by atoms with Crippen LogP contribution in [0.15, 0.2) is 41.2 Å². The lowest BCUT2D eigenvalue weighted by Gasteiger charge is -2.07. The molecule has 0 saturated carbocycles. The van der Waals surface area contributed by atoms with Gasteiger partial charge in [-0.05, 0) is 30.7 Å². The van der Waals surface area contributed by atoms with Crippen molar-refractivity contribution >= 4 is 21.7 Å². The molecule has 2 nitrogen and oxygen atoms in total. The van der Waals surface area contributed by atoms with E-state index >= 15 is 0 Å². The predicted molar refractivity (Wildman–Crippen MR) is 71.5 cm³/mol.